The first-order chi connectivity index (χ1) is 18.6. The molecule has 0 saturated heterocycles. The Balaban J connectivity index is 1.38. The van der Waals surface area contributed by atoms with Crippen LogP contribution in [0.4, 0.5) is 0 Å². The first-order valence-corrected chi connectivity index (χ1v) is 13.4. The van der Waals surface area contributed by atoms with Gasteiger partial charge in [0, 0.05) is 31.2 Å². The Morgan fingerprint density at radius 2 is 1.27 bits per heavy atom. The summed E-state index contributed by atoms with van der Waals surface area (Å²) in [5.41, 5.74) is 8.01. The van der Waals surface area contributed by atoms with Gasteiger partial charge in [0.15, 0.2) is 0 Å². The van der Waals surface area contributed by atoms with E-state index in [1.807, 2.05) is 47.7 Å². The molecule has 0 fully saturated rings. The Kier molecular flexibility index (Phi) is 5.16. The lowest BCUT2D eigenvalue weighted by molar-refractivity contribution is 1.18. The highest BCUT2D eigenvalue weighted by Crippen LogP contribution is 2.38. The van der Waals surface area contributed by atoms with E-state index in [9.17, 15) is 0 Å². The molecule has 7 rings (SSSR count). The van der Waals surface area contributed by atoms with Crippen molar-refractivity contribution in [3.63, 3.8) is 0 Å². The molecule has 0 N–H and O–H groups in total. The molecule has 0 unspecified atom stereocenters. The molecule has 5 aromatic carbocycles. The fourth-order valence-corrected chi connectivity index (χ4v) is 6.19. The molecule has 0 atom stereocenters. The fourth-order valence-electron chi connectivity index (χ4n) is 5.06. The van der Waals surface area contributed by atoms with Crippen LogP contribution in [0.5, 0.6) is 0 Å². The molecule has 0 bridgehead atoms. The summed E-state index contributed by atoms with van der Waals surface area (Å²) in [5, 5.41) is 2.94. The molecule has 2 aromatic heterocycles. The molecular weight excluding hydrogens is 490 g/mol. The summed E-state index contributed by atoms with van der Waals surface area (Å²) in [4.78, 5) is 2.51. The predicted molar refractivity (Wildman–Crippen MR) is 160 cm³/mol. The molecule has 0 radical (unpaired) electrons. The van der Waals surface area contributed by atoms with Crippen molar-refractivity contribution in [3.05, 3.63) is 138 Å². The Bertz CT molecular complexity index is 1930. The second-order valence-corrected chi connectivity index (χ2v) is 10.6. The Morgan fingerprint density at radius 3 is 2.11 bits per heavy atom. The zero-order valence-corrected chi connectivity index (χ0v) is 21.4. The Labute approximate surface area is 226 Å². The zero-order valence-electron chi connectivity index (χ0n) is 20.9. The molecule has 176 valence electrons. The summed E-state index contributed by atoms with van der Waals surface area (Å²) in [7, 11) is 0. The van der Waals surface area contributed by atoms with Gasteiger partial charge in [0.25, 0.3) is 0 Å². The minimum Gasteiger partial charge on any atom is -0.309 e. The number of aromatic nitrogens is 1. The van der Waals surface area contributed by atoms with Gasteiger partial charge < -0.3 is 4.57 Å². The lowest BCUT2D eigenvalue weighted by atomic mass is 10.0. The van der Waals surface area contributed by atoms with Crippen LogP contribution in [0, 0.1) is 0 Å². The standard InChI is InChI=1S/C34H22ClNS/c35-27-16-13-23(14-17-27)25-15-18-32-30(22-25)29-11-4-5-12-31(29)36(32)28-10-6-9-26(21-28)34-20-19-33(37-34)24-7-2-1-3-8-24/h1-22H/i4D. The van der Waals surface area contributed by atoms with Crippen molar-refractivity contribution in [3.8, 4) is 37.7 Å². The van der Waals surface area contributed by atoms with Gasteiger partial charge in [0.1, 0.15) is 0 Å². The SMILES string of the molecule is [2H]c1ccc2c(c1)c1cc(-c3ccc(Cl)cc3)ccc1n2-c1cccc(-c2ccc(-c3ccccc3)s2)c1. The van der Waals surface area contributed by atoms with Crippen LogP contribution >= 0.6 is 22.9 Å². The minimum atomic E-state index is 0.509. The topological polar surface area (TPSA) is 4.93 Å². The summed E-state index contributed by atoms with van der Waals surface area (Å²) in [5.74, 6) is 0. The second-order valence-electron chi connectivity index (χ2n) is 9.10. The van der Waals surface area contributed by atoms with Crippen molar-refractivity contribution in [1.29, 1.82) is 0 Å². The predicted octanol–water partition coefficient (Wildman–Crippen LogP) is 10.5. The van der Waals surface area contributed by atoms with Crippen molar-refractivity contribution in [2.24, 2.45) is 0 Å². The molecular formula is C34H22ClNS. The lowest BCUT2D eigenvalue weighted by Gasteiger charge is -2.10. The van der Waals surface area contributed by atoms with Gasteiger partial charge in [-0.1, -0.05) is 90.4 Å². The van der Waals surface area contributed by atoms with Gasteiger partial charge in [-0.2, -0.15) is 0 Å². The number of para-hydroxylation sites is 1. The van der Waals surface area contributed by atoms with Crippen LogP contribution in [0.3, 0.4) is 0 Å². The summed E-state index contributed by atoms with van der Waals surface area (Å²) in [6.45, 7) is 0. The van der Waals surface area contributed by atoms with E-state index in [0.29, 0.717) is 6.04 Å². The molecule has 2 heterocycles. The number of hydrogen-bond acceptors (Lipinski definition) is 1. The number of thiophene rings is 1. The average molecular weight is 513 g/mol. The number of halogens is 1. The first kappa shape index (κ1) is 21.0. The molecule has 0 spiro atoms. The van der Waals surface area contributed by atoms with Crippen LogP contribution < -0.4 is 0 Å². The van der Waals surface area contributed by atoms with E-state index in [1.54, 1.807) is 0 Å². The highest BCUT2D eigenvalue weighted by Gasteiger charge is 2.14. The van der Waals surface area contributed by atoms with E-state index >= 15 is 0 Å². The maximum atomic E-state index is 8.30. The highest BCUT2D eigenvalue weighted by atomic mass is 35.5. The van der Waals surface area contributed by atoms with Crippen molar-refractivity contribution in [2.75, 3.05) is 0 Å². The van der Waals surface area contributed by atoms with E-state index in [4.69, 9.17) is 13.0 Å². The monoisotopic (exact) mass is 512 g/mol. The minimum absolute atomic E-state index is 0.509. The first-order valence-electron chi connectivity index (χ1n) is 12.7. The van der Waals surface area contributed by atoms with Crippen LogP contribution in [0.25, 0.3) is 59.5 Å². The van der Waals surface area contributed by atoms with Crippen molar-refractivity contribution in [1.82, 2.24) is 4.57 Å². The van der Waals surface area contributed by atoms with Crippen molar-refractivity contribution in [2.45, 2.75) is 0 Å². The van der Waals surface area contributed by atoms with E-state index in [0.717, 1.165) is 43.6 Å². The second kappa shape index (κ2) is 9.08. The van der Waals surface area contributed by atoms with E-state index in [-0.39, 0.29) is 0 Å². The van der Waals surface area contributed by atoms with Crippen LogP contribution in [0.1, 0.15) is 1.37 Å². The van der Waals surface area contributed by atoms with Gasteiger partial charge in [-0.3, -0.25) is 0 Å². The van der Waals surface area contributed by atoms with Crippen molar-refractivity contribution < 1.29 is 1.37 Å². The van der Waals surface area contributed by atoms with Crippen molar-refractivity contribution >= 4 is 44.7 Å². The number of fused-ring (bicyclic) bond motifs is 3. The van der Waals surface area contributed by atoms with Crippen LogP contribution in [-0.4, -0.2) is 4.57 Å². The normalized spacial score (nSPS) is 11.8. The van der Waals surface area contributed by atoms with E-state index < -0.39 is 0 Å². The Morgan fingerprint density at radius 1 is 0.541 bits per heavy atom. The zero-order chi connectivity index (χ0) is 25.6. The molecule has 0 saturated carbocycles. The quantitative estimate of drug-likeness (QED) is 0.221. The summed E-state index contributed by atoms with van der Waals surface area (Å²) in [6.07, 6.45) is 0. The lowest BCUT2D eigenvalue weighted by Crippen LogP contribution is -1.94. The van der Waals surface area contributed by atoms with Gasteiger partial charge in [-0.05, 0) is 76.9 Å². The molecule has 3 heteroatoms. The smallest absolute Gasteiger partial charge is 0.0623 e. The van der Waals surface area contributed by atoms with Crippen LogP contribution in [0.15, 0.2) is 133 Å². The number of nitrogens with zero attached hydrogens (tertiary/aromatic N) is 1. The molecule has 0 aliphatic rings. The third kappa shape index (κ3) is 3.95. The number of rotatable bonds is 4. The van der Waals surface area contributed by atoms with Gasteiger partial charge in [0.05, 0.1) is 12.4 Å². The third-order valence-electron chi connectivity index (χ3n) is 6.84. The largest absolute Gasteiger partial charge is 0.309 e. The molecule has 1 nitrogen and oxygen atoms in total. The van der Waals surface area contributed by atoms with E-state index in [1.165, 1.54) is 20.9 Å². The van der Waals surface area contributed by atoms with Crippen LogP contribution in [-0.2, 0) is 0 Å². The third-order valence-corrected chi connectivity index (χ3v) is 8.28. The average Bonchev–Trinajstić information content (AvgIpc) is 3.57. The van der Waals surface area contributed by atoms with Crippen LogP contribution in [0.2, 0.25) is 5.02 Å². The highest BCUT2D eigenvalue weighted by molar-refractivity contribution is 7.18. The Hall–Kier alpha value is -4.11. The maximum absolute atomic E-state index is 8.30. The summed E-state index contributed by atoms with van der Waals surface area (Å²) in [6, 6.07) is 44.6. The summed E-state index contributed by atoms with van der Waals surface area (Å²) < 4.78 is 10.6. The number of benzene rings is 5. The summed E-state index contributed by atoms with van der Waals surface area (Å²) >= 11 is 7.94. The number of hydrogen-bond donors (Lipinski definition) is 0. The van der Waals surface area contributed by atoms with E-state index in [2.05, 4.69) is 95.6 Å². The van der Waals surface area contributed by atoms with Gasteiger partial charge in [-0.25, -0.2) is 0 Å². The molecule has 0 amide bonds. The molecule has 37 heavy (non-hydrogen) atoms. The van der Waals surface area contributed by atoms with Gasteiger partial charge in [-0.15, -0.1) is 11.3 Å². The van der Waals surface area contributed by atoms with Gasteiger partial charge >= 0.3 is 0 Å². The van der Waals surface area contributed by atoms with Gasteiger partial charge in [0.2, 0.25) is 0 Å². The fraction of sp³-hybridized carbons (Fsp3) is 0. The molecule has 0 aliphatic carbocycles. The maximum Gasteiger partial charge on any atom is 0.0623 e. The molecule has 0 aliphatic heterocycles. The molecule has 7 aromatic rings.